The van der Waals surface area contributed by atoms with Gasteiger partial charge in [-0.05, 0) is 18.2 Å². The minimum Gasteiger partial charge on any atom is -0.494 e. The van der Waals surface area contributed by atoms with E-state index in [4.69, 9.17) is 9.84 Å². The second-order valence-corrected chi connectivity index (χ2v) is 4.69. The van der Waals surface area contributed by atoms with Crippen LogP contribution in [0.3, 0.4) is 0 Å². The van der Waals surface area contributed by atoms with Crippen molar-refractivity contribution in [1.29, 1.82) is 0 Å². The van der Waals surface area contributed by atoms with Crippen molar-refractivity contribution >= 4 is 17.7 Å². The van der Waals surface area contributed by atoms with Crippen LogP contribution in [0.2, 0.25) is 0 Å². The number of Topliss-reactive ketones (excluding diaryl/α,β-unsaturated/α-hetero) is 1. The Balaban J connectivity index is 2.56. The van der Waals surface area contributed by atoms with E-state index in [0.717, 1.165) is 6.07 Å². The fraction of sp³-hybridized carbons (Fsp3) is 0.400. The molecule has 0 aromatic heterocycles. The van der Waals surface area contributed by atoms with Crippen LogP contribution in [0.5, 0.6) is 5.75 Å². The number of rotatable bonds is 9. The van der Waals surface area contributed by atoms with Gasteiger partial charge in [-0.2, -0.15) is 0 Å². The lowest BCUT2D eigenvalue weighted by atomic mass is 10.1. The highest BCUT2D eigenvalue weighted by molar-refractivity contribution is 5.98. The SMILES string of the molecule is COCC(NC(=O)CCC(=O)c1ccc(OC)c(F)c1)C(=O)O. The average Bonchev–Trinajstić information content (AvgIpc) is 2.51. The Morgan fingerprint density at radius 3 is 2.48 bits per heavy atom. The lowest BCUT2D eigenvalue weighted by Crippen LogP contribution is -2.43. The van der Waals surface area contributed by atoms with E-state index >= 15 is 0 Å². The molecule has 0 fully saturated rings. The van der Waals surface area contributed by atoms with Gasteiger partial charge in [0, 0.05) is 25.5 Å². The molecule has 1 aromatic carbocycles. The van der Waals surface area contributed by atoms with Crippen LogP contribution in [0.25, 0.3) is 0 Å². The zero-order valence-electron chi connectivity index (χ0n) is 12.8. The van der Waals surface area contributed by atoms with Crippen LogP contribution in [0, 0.1) is 5.82 Å². The van der Waals surface area contributed by atoms with Gasteiger partial charge in [0.2, 0.25) is 5.91 Å². The lowest BCUT2D eigenvalue weighted by Gasteiger charge is -2.13. The highest BCUT2D eigenvalue weighted by atomic mass is 19.1. The van der Waals surface area contributed by atoms with Crippen molar-refractivity contribution in [1.82, 2.24) is 5.32 Å². The fourth-order valence-electron chi connectivity index (χ4n) is 1.82. The van der Waals surface area contributed by atoms with Gasteiger partial charge in [-0.3, -0.25) is 9.59 Å². The number of hydrogen-bond acceptors (Lipinski definition) is 5. The number of carbonyl (C=O) groups excluding carboxylic acids is 2. The predicted octanol–water partition coefficient (Wildman–Crippen LogP) is 1.01. The molecular weight excluding hydrogens is 309 g/mol. The number of carbonyl (C=O) groups is 3. The van der Waals surface area contributed by atoms with E-state index in [2.05, 4.69) is 10.1 Å². The van der Waals surface area contributed by atoms with Crippen LogP contribution >= 0.6 is 0 Å². The number of hydrogen-bond donors (Lipinski definition) is 2. The molecule has 1 atom stereocenters. The van der Waals surface area contributed by atoms with E-state index in [1.54, 1.807) is 0 Å². The van der Waals surface area contributed by atoms with Crippen LogP contribution in [0.4, 0.5) is 4.39 Å². The van der Waals surface area contributed by atoms with E-state index in [0.29, 0.717) is 0 Å². The van der Waals surface area contributed by atoms with Crippen LogP contribution in [-0.2, 0) is 14.3 Å². The molecule has 7 nitrogen and oxygen atoms in total. The second-order valence-electron chi connectivity index (χ2n) is 4.69. The summed E-state index contributed by atoms with van der Waals surface area (Å²) < 4.78 is 22.9. The molecule has 0 saturated carbocycles. The Kier molecular flexibility index (Phi) is 7.14. The third-order valence-corrected chi connectivity index (χ3v) is 3.02. The van der Waals surface area contributed by atoms with Gasteiger partial charge in [-0.25, -0.2) is 9.18 Å². The molecule has 1 amide bonds. The van der Waals surface area contributed by atoms with Crippen LogP contribution in [0.15, 0.2) is 18.2 Å². The molecule has 0 aliphatic carbocycles. The van der Waals surface area contributed by atoms with Gasteiger partial charge in [-0.1, -0.05) is 0 Å². The van der Waals surface area contributed by atoms with Crippen molar-refractivity contribution in [3.05, 3.63) is 29.6 Å². The number of methoxy groups -OCH3 is 2. The van der Waals surface area contributed by atoms with Gasteiger partial charge in [0.15, 0.2) is 23.4 Å². The summed E-state index contributed by atoms with van der Waals surface area (Å²) in [7, 11) is 2.62. The lowest BCUT2D eigenvalue weighted by molar-refractivity contribution is -0.143. The van der Waals surface area contributed by atoms with Crippen molar-refractivity contribution in [3.8, 4) is 5.75 Å². The summed E-state index contributed by atoms with van der Waals surface area (Å²) in [6, 6.07) is 2.57. The highest BCUT2D eigenvalue weighted by Gasteiger charge is 2.20. The van der Waals surface area contributed by atoms with Gasteiger partial charge in [0.1, 0.15) is 0 Å². The first kappa shape index (κ1) is 18.6. The minimum atomic E-state index is -1.23. The second kappa shape index (κ2) is 8.84. The standard InChI is InChI=1S/C15H18FNO6/c1-22-8-11(15(20)21)17-14(19)6-4-12(18)9-3-5-13(23-2)10(16)7-9/h3,5,7,11H,4,6,8H2,1-2H3,(H,17,19)(H,20,21). The Labute approximate surface area is 132 Å². The minimum absolute atomic E-state index is 0.0168. The quantitative estimate of drug-likeness (QED) is 0.656. The molecule has 0 heterocycles. The van der Waals surface area contributed by atoms with Gasteiger partial charge in [0.05, 0.1) is 13.7 Å². The zero-order valence-corrected chi connectivity index (χ0v) is 12.8. The normalized spacial score (nSPS) is 11.6. The smallest absolute Gasteiger partial charge is 0.328 e. The number of halogens is 1. The summed E-state index contributed by atoms with van der Waals surface area (Å²) in [5.41, 5.74) is 0.114. The summed E-state index contributed by atoms with van der Waals surface area (Å²) in [5.74, 6) is -2.92. The van der Waals surface area contributed by atoms with E-state index in [9.17, 15) is 18.8 Å². The molecule has 1 rings (SSSR count). The van der Waals surface area contributed by atoms with Crippen LogP contribution < -0.4 is 10.1 Å². The first-order chi connectivity index (χ1) is 10.9. The molecule has 0 aliphatic heterocycles. The Hall–Kier alpha value is -2.48. The number of aliphatic carboxylic acids is 1. The zero-order chi connectivity index (χ0) is 17.4. The predicted molar refractivity (Wildman–Crippen MR) is 78.0 cm³/mol. The molecule has 0 spiro atoms. The largest absolute Gasteiger partial charge is 0.494 e. The Morgan fingerprint density at radius 1 is 1.26 bits per heavy atom. The van der Waals surface area contributed by atoms with Crippen molar-refractivity contribution < 1.29 is 33.4 Å². The van der Waals surface area contributed by atoms with Crippen molar-refractivity contribution in [2.24, 2.45) is 0 Å². The summed E-state index contributed by atoms with van der Waals surface area (Å²) >= 11 is 0. The van der Waals surface area contributed by atoms with Gasteiger partial charge in [0.25, 0.3) is 0 Å². The number of carboxylic acids is 1. The molecule has 126 valence electrons. The van der Waals surface area contributed by atoms with Gasteiger partial charge in [-0.15, -0.1) is 0 Å². The molecule has 23 heavy (non-hydrogen) atoms. The van der Waals surface area contributed by atoms with E-state index in [1.165, 1.54) is 26.4 Å². The Morgan fingerprint density at radius 2 is 1.96 bits per heavy atom. The van der Waals surface area contributed by atoms with Crippen molar-refractivity contribution in [3.63, 3.8) is 0 Å². The summed E-state index contributed by atoms with van der Waals surface area (Å²) in [6.07, 6.45) is -0.378. The Bertz CT molecular complexity index is 589. The number of ether oxygens (including phenoxy) is 2. The van der Waals surface area contributed by atoms with Gasteiger partial charge < -0.3 is 19.9 Å². The van der Waals surface area contributed by atoms with Gasteiger partial charge >= 0.3 is 5.97 Å². The van der Waals surface area contributed by atoms with E-state index in [1.807, 2.05) is 0 Å². The molecular formula is C15H18FNO6. The summed E-state index contributed by atoms with van der Waals surface area (Å²) in [5, 5.41) is 11.1. The van der Waals surface area contributed by atoms with E-state index < -0.39 is 29.5 Å². The third-order valence-electron chi connectivity index (χ3n) is 3.02. The number of nitrogens with one attached hydrogen (secondary N) is 1. The topological polar surface area (TPSA) is 102 Å². The first-order valence-electron chi connectivity index (χ1n) is 6.76. The molecule has 0 bridgehead atoms. The molecule has 0 saturated heterocycles. The van der Waals surface area contributed by atoms with E-state index in [-0.39, 0.29) is 30.8 Å². The maximum Gasteiger partial charge on any atom is 0.328 e. The number of amides is 1. The maximum absolute atomic E-state index is 13.5. The van der Waals surface area contributed by atoms with Crippen molar-refractivity contribution in [2.75, 3.05) is 20.8 Å². The molecule has 1 aromatic rings. The number of carboxylic acid groups (broad SMARTS) is 1. The van der Waals surface area contributed by atoms with Crippen LogP contribution in [-0.4, -0.2) is 49.6 Å². The monoisotopic (exact) mass is 327 g/mol. The molecule has 2 N–H and O–H groups in total. The summed E-state index contributed by atoms with van der Waals surface area (Å²) in [6.45, 7) is -0.182. The fourth-order valence-corrected chi connectivity index (χ4v) is 1.82. The molecule has 8 heteroatoms. The number of ketones is 1. The first-order valence-corrected chi connectivity index (χ1v) is 6.76. The molecule has 0 aliphatic rings. The maximum atomic E-state index is 13.5. The van der Waals surface area contributed by atoms with Crippen LogP contribution in [0.1, 0.15) is 23.2 Å². The number of benzene rings is 1. The molecule has 1 unspecified atom stereocenters. The summed E-state index contributed by atoms with van der Waals surface area (Å²) in [4.78, 5) is 34.4. The molecule has 0 radical (unpaired) electrons. The third kappa shape index (κ3) is 5.67. The average molecular weight is 327 g/mol. The van der Waals surface area contributed by atoms with Crippen molar-refractivity contribution in [2.45, 2.75) is 18.9 Å². The highest BCUT2D eigenvalue weighted by Crippen LogP contribution is 2.18.